The predicted molar refractivity (Wildman–Crippen MR) is 128 cm³/mol. The molecule has 8 heteroatoms. The van der Waals surface area contributed by atoms with Gasteiger partial charge in [0.2, 0.25) is 5.91 Å². The molecule has 0 aromatic heterocycles. The third-order valence-electron chi connectivity index (χ3n) is 7.63. The van der Waals surface area contributed by atoms with E-state index in [9.17, 15) is 19.5 Å². The highest BCUT2D eigenvalue weighted by Crippen LogP contribution is 2.45. The predicted octanol–water partition coefficient (Wildman–Crippen LogP) is 3.40. The second-order valence-electron chi connectivity index (χ2n) is 9.73. The molecule has 2 amide bonds. The van der Waals surface area contributed by atoms with Gasteiger partial charge in [-0.15, -0.1) is 0 Å². The average molecular weight is 479 g/mol. The van der Waals surface area contributed by atoms with E-state index < -0.39 is 18.1 Å². The lowest BCUT2D eigenvalue weighted by molar-refractivity contribution is -0.160. The number of rotatable bonds is 7. The Hall–Kier alpha value is -3.39. The molecule has 0 bridgehead atoms. The second kappa shape index (κ2) is 9.70. The van der Waals surface area contributed by atoms with Crippen LogP contribution < -0.4 is 5.32 Å². The first-order valence-corrected chi connectivity index (χ1v) is 12.2. The molecule has 35 heavy (non-hydrogen) atoms. The number of carboxylic acid groups (broad SMARTS) is 1. The van der Waals surface area contributed by atoms with E-state index in [1.807, 2.05) is 24.3 Å². The fourth-order valence-electron chi connectivity index (χ4n) is 5.53. The van der Waals surface area contributed by atoms with Crippen LogP contribution in [0.25, 0.3) is 11.1 Å². The van der Waals surface area contributed by atoms with Crippen molar-refractivity contribution in [3.05, 3.63) is 59.7 Å². The number of amides is 2. The Bertz CT molecular complexity index is 1080. The smallest absolute Gasteiger partial charge is 0.407 e. The molecule has 2 aromatic rings. The van der Waals surface area contributed by atoms with Crippen LogP contribution in [0.3, 0.4) is 0 Å². The number of fused-ring (bicyclic) bond motifs is 3. The summed E-state index contributed by atoms with van der Waals surface area (Å²) >= 11 is 0. The van der Waals surface area contributed by atoms with Crippen LogP contribution >= 0.6 is 0 Å². The van der Waals surface area contributed by atoms with Gasteiger partial charge in [0.25, 0.3) is 0 Å². The van der Waals surface area contributed by atoms with E-state index >= 15 is 0 Å². The van der Waals surface area contributed by atoms with Gasteiger partial charge in [0.1, 0.15) is 6.61 Å². The van der Waals surface area contributed by atoms with Gasteiger partial charge >= 0.3 is 12.1 Å². The minimum atomic E-state index is -1.06. The van der Waals surface area contributed by atoms with Crippen LogP contribution in [0.1, 0.15) is 42.7 Å². The molecule has 8 nitrogen and oxygen atoms in total. The SMILES string of the molecule is O=C(NCC1(CC(=O)N2CCOCC2C(=O)O)CCC1)OCC1c2ccccc2-c2ccccc21. The molecule has 184 valence electrons. The fourth-order valence-corrected chi connectivity index (χ4v) is 5.53. The van der Waals surface area contributed by atoms with Gasteiger partial charge in [-0.1, -0.05) is 55.0 Å². The number of alkyl carbamates (subject to hydrolysis) is 1. The van der Waals surface area contributed by atoms with E-state index in [1.54, 1.807) is 0 Å². The molecule has 1 saturated carbocycles. The Morgan fingerprint density at radius 1 is 1.06 bits per heavy atom. The maximum atomic E-state index is 13.0. The van der Waals surface area contributed by atoms with Crippen molar-refractivity contribution in [1.29, 1.82) is 0 Å². The zero-order valence-electron chi connectivity index (χ0n) is 19.6. The molecule has 0 radical (unpaired) electrons. The fraction of sp³-hybridized carbons (Fsp3) is 0.444. The zero-order valence-corrected chi connectivity index (χ0v) is 19.6. The largest absolute Gasteiger partial charge is 0.480 e. The highest BCUT2D eigenvalue weighted by atomic mass is 16.5. The third kappa shape index (κ3) is 4.62. The molecule has 2 aromatic carbocycles. The molecule has 1 heterocycles. The van der Waals surface area contributed by atoms with E-state index in [1.165, 1.54) is 16.0 Å². The van der Waals surface area contributed by atoms with Gasteiger partial charge in [-0.05, 0) is 40.5 Å². The van der Waals surface area contributed by atoms with Crippen molar-refractivity contribution in [2.75, 3.05) is 32.9 Å². The summed E-state index contributed by atoms with van der Waals surface area (Å²) in [5.74, 6) is -1.27. The molecule has 1 atom stereocenters. The van der Waals surface area contributed by atoms with Gasteiger partial charge in [0.15, 0.2) is 6.04 Å². The van der Waals surface area contributed by atoms with E-state index in [0.29, 0.717) is 13.2 Å². The van der Waals surface area contributed by atoms with Crippen LogP contribution in [0, 0.1) is 5.41 Å². The van der Waals surface area contributed by atoms with Crippen molar-refractivity contribution in [3.63, 3.8) is 0 Å². The summed E-state index contributed by atoms with van der Waals surface area (Å²) in [5, 5.41) is 12.3. The molecule has 1 saturated heterocycles. The number of carboxylic acids is 1. The standard InChI is InChI=1S/C27H30N2O6/c30-24(29-12-13-34-16-23(29)25(31)32)14-27(10-5-11-27)17-28-26(33)35-15-22-20-8-3-1-6-18(20)19-7-2-4-9-21(19)22/h1-4,6-9,22-23H,5,10-17H2,(H,28,33)(H,31,32). The summed E-state index contributed by atoms with van der Waals surface area (Å²) in [6.45, 7) is 1.18. The molecule has 1 unspecified atom stereocenters. The summed E-state index contributed by atoms with van der Waals surface area (Å²) in [6, 6.07) is 15.4. The summed E-state index contributed by atoms with van der Waals surface area (Å²) in [4.78, 5) is 38.5. The molecule has 2 aliphatic carbocycles. The lowest BCUT2D eigenvalue weighted by Crippen LogP contribution is -2.54. The van der Waals surface area contributed by atoms with Crippen molar-refractivity contribution in [2.45, 2.75) is 37.6 Å². The van der Waals surface area contributed by atoms with Crippen LogP contribution in [-0.4, -0.2) is 66.9 Å². The lowest BCUT2D eigenvalue weighted by atomic mass is 9.66. The highest BCUT2D eigenvalue weighted by molar-refractivity contribution is 5.84. The number of hydrogen-bond acceptors (Lipinski definition) is 5. The van der Waals surface area contributed by atoms with E-state index in [2.05, 4.69) is 29.6 Å². The zero-order chi connectivity index (χ0) is 24.4. The molecule has 3 aliphatic rings. The van der Waals surface area contributed by atoms with Gasteiger partial charge in [0.05, 0.1) is 13.2 Å². The number of carbonyl (C=O) groups excluding carboxylic acids is 2. The topological polar surface area (TPSA) is 105 Å². The molecule has 2 N–H and O–H groups in total. The number of benzene rings is 2. The van der Waals surface area contributed by atoms with Crippen LogP contribution in [0.2, 0.25) is 0 Å². The van der Waals surface area contributed by atoms with E-state index in [-0.39, 0.29) is 43.4 Å². The van der Waals surface area contributed by atoms with Crippen molar-refractivity contribution in [1.82, 2.24) is 10.2 Å². The average Bonchev–Trinajstić information content (AvgIpc) is 3.17. The molecular weight excluding hydrogens is 448 g/mol. The summed E-state index contributed by atoms with van der Waals surface area (Å²) in [5.41, 5.74) is 4.30. The van der Waals surface area contributed by atoms with Crippen LogP contribution in [0.5, 0.6) is 0 Å². The Morgan fingerprint density at radius 3 is 2.31 bits per heavy atom. The van der Waals surface area contributed by atoms with Gasteiger partial charge in [-0.3, -0.25) is 4.79 Å². The quantitative estimate of drug-likeness (QED) is 0.632. The van der Waals surface area contributed by atoms with Gasteiger partial charge in [-0.25, -0.2) is 9.59 Å². The number of morpholine rings is 1. The van der Waals surface area contributed by atoms with Crippen LogP contribution in [-0.2, 0) is 19.1 Å². The minimum absolute atomic E-state index is 0.00602. The monoisotopic (exact) mass is 478 g/mol. The van der Waals surface area contributed by atoms with Crippen molar-refractivity contribution in [3.8, 4) is 11.1 Å². The molecule has 0 spiro atoms. The van der Waals surface area contributed by atoms with Gasteiger partial charge in [-0.2, -0.15) is 0 Å². The Kier molecular flexibility index (Phi) is 6.47. The summed E-state index contributed by atoms with van der Waals surface area (Å²) in [7, 11) is 0. The number of hydrogen-bond donors (Lipinski definition) is 2. The normalized spacial score (nSPS) is 20.3. The number of nitrogens with zero attached hydrogens (tertiary/aromatic N) is 1. The number of nitrogens with one attached hydrogen (secondary N) is 1. The Balaban J connectivity index is 1.17. The third-order valence-corrected chi connectivity index (χ3v) is 7.63. The van der Waals surface area contributed by atoms with Gasteiger partial charge in [0, 0.05) is 25.4 Å². The maximum Gasteiger partial charge on any atom is 0.407 e. The molecule has 5 rings (SSSR count). The summed E-state index contributed by atoms with van der Waals surface area (Å²) < 4.78 is 10.9. The molecule has 2 fully saturated rings. The van der Waals surface area contributed by atoms with Crippen molar-refractivity contribution < 1.29 is 29.0 Å². The summed E-state index contributed by atoms with van der Waals surface area (Å²) in [6.07, 6.45) is 2.31. The van der Waals surface area contributed by atoms with Crippen molar-refractivity contribution in [2.24, 2.45) is 5.41 Å². The van der Waals surface area contributed by atoms with Gasteiger partial charge < -0.3 is 24.8 Å². The lowest BCUT2D eigenvalue weighted by Gasteiger charge is -2.43. The number of aliphatic carboxylic acids is 1. The van der Waals surface area contributed by atoms with E-state index in [0.717, 1.165) is 30.4 Å². The molecule has 1 aliphatic heterocycles. The van der Waals surface area contributed by atoms with Crippen LogP contribution in [0.15, 0.2) is 48.5 Å². The second-order valence-corrected chi connectivity index (χ2v) is 9.73. The van der Waals surface area contributed by atoms with Crippen molar-refractivity contribution >= 4 is 18.0 Å². The maximum absolute atomic E-state index is 13.0. The molecular formula is C27H30N2O6. The first-order chi connectivity index (χ1) is 17.0. The first kappa shape index (κ1) is 23.4. The first-order valence-electron chi connectivity index (χ1n) is 12.2. The Morgan fingerprint density at radius 2 is 1.71 bits per heavy atom. The number of carbonyl (C=O) groups is 3. The van der Waals surface area contributed by atoms with E-state index in [4.69, 9.17) is 9.47 Å². The number of ether oxygens (including phenoxy) is 2. The highest BCUT2D eigenvalue weighted by Gasteiger charge is 2.42. The van der Waals surface area contributed by atoms with Crippen LogP contribution in [0.4, 0.5) is 4.79 Å². The Labute approximate surface area is 204 Å². The minimum Gasteiger partial charge on any atom is -0.480 e.